The Morgan fingerprint density at radius 2 is 2.04 bits per heavy atom. The molecule has 0 aliphatic rings. The van der Waals surface area contributed by atoms with E-state index in [-0.39, 0.29) is 24.0 Å². The second-order valence-corrected chi connectivity index (χ2v) is 5.01. The predicted octanol–water partition coefficient (Wildman–Crippen LogP) is 2.25. The predicted molar refractivity (Wildman–Crippen MR) is 108 cm³/mol. The van der Waals surface area contributed by atoms with Crippen LogP contribution in [0.25, 0.3) is 0 Å². The molecule has 0 amide bonds. The second kappa shape index (κ2) is 11.9. The summed E-state index contributed by atoms with van der Waals surface area (Å²) in [7, 11) is 1.76. The minimum atomic E-state index is 0. The third-order valence-electron chi connectivity index (χ3n) is 3.38. The SMILES string of the molecule is CCOCCNC(=NC)NCc1nccn1Cc1ccccc1.I. The summed E-state index contributed by atoms with van der Waals surface area (Å²) < 4.78 is 7.44. The number of benzene rings is 1. The number of hydrogen-bond donors (Lipinski definition) is 2. The number of nitrogens with one attached hydrogen (secondary N) is 2. The van der Waals surface area contributed by atoms with Gasteiger partial charge in [0.2, 0.25) is 0 Å². The molecule has 2 aromatic rings. The number of imidazole rings is 1. The fourth-order valence-corrected chi connectivity index (χ4v) is 2.20. The minimum absolute atomic E-state index is 0. The lowest BCUT2D eigenvalue weighted by Crippen LogP contribution is -2.39. The maximum Gasteiger partial charge on any atom is 0.191 e. The number of aliphatic imine (C=N–C) groups is 1. The van der Waals surface area contributed by atoms with Crippen molar-refractivity contribution in [2.45, 2.75) is 20.0 Å². The van der Waals surface area contributed by atoms with Gasteiger partial charge in [-0.05, 0) is 12.5 Å². The lowest BCUT2D eigenvalue weighted by atomic mass is 10.2. The highest BCUT2D eigenvalue weighted by Gasteiger charge is 2.05. The number of rotatable bonds is 8. The van der Waals surface area contributed by atoms with Gasteiger partial charge in [-0.1, -0.05) is 30.3 Å². The Morgan fingerprint density at radius 3 is 2.75 bits per heavy atom. The van der Waals surface area contributed by atoms with Crippen molar-refractivity contribution in [3.8, 4) is 0 Å². The Kier molecular flexibility index (Phi) is 10.1. The van der Waals surface area contributed by atoms with Crippen molar-refractivity contribution in [1.29, 1.82) is 0 Å². The zero-order chi connectivity index (χ0) is 16.3. The fourth-order valence-electron chi connectivity index (χ4n) is 2.20. The standard InChI is InChI=1S/C17H25N5O.HI/c1-3-23-12-10-20-17(18-2)21-13-16-19-9-11-22(16)14-15-7-5-4-6-8-15;/h4-9,11H,3,10,12-14H2,1-2H3,(H2,18,20,21);1H. The topological polar surface area (TPSA) is 63.5 Å². The molecule has 7 heteroatoms. The van der Waals surface area contributed by atoms with Crippen LogP contribution in [0.5, 0.6) is 0 Å². The molecule has 24 heavy (non-hydrogen) atoms. The number of hydrogen-bond acceptors (Lipinski definition) is 3. The van der Waals surface area contributed by atoms with Gasteiger partial charge in [0.1, 0.15) is 5.82 Å². The highest BCUT2D eigenvalue weighted by molar-refractivity contribution is 14.0. The van der Waals surface area contributed by atoms with E-state index in [9.17, 15) is 0 Å². The molecule has 0 saturated carbocycles. The highest BCUT2D eigenvalue weighted by Crippen LogP contribution is 2.05. The van der Waals surface area contributed by atoms with Crippen molar-refractivity contribution >= 4 is 29.9 Å². The Morgan fingerprint density at radius 1 is 1.25 bits per heavy atom. The highest BCUT2D eigenvalue weighted by atomic mass is 127. The fraction of sp³-hybridized carbons (Fsp3) is 0.412. The average Bonchev–Trinajstić information content (AvgIpc) is 3.02. The Hall–Kier alpha value is -1.61. The van der Waals surface area contributed by atoms with Crippen molar-refractivity contribution in [1.82, 2.24) is 20.2 Å². The van der Waals surface area contributed by atoms with Crippen LogP contribution in [0.3, 0.4) is 0 Å². The molecule has 0 spiro atoms. The minimum Gasteiger partial charge on any atom is -0.380 e. The molecule has 2 N–H and O–H groups in total. The Bertz CT molecular complexity index is 600. The summed E-state index contributed by atoms with van der Waals surface area (Å²) in [6, 6.07) is 10.4. The second-order valence-electron chi connectivity index (χ2n) is 5.01. The molecule has 2 rings (SSSR count). The lowest BCUT2D eigenvalue weighted by molar-refractivity contribution is 0.152. The maximum absolute atomic E-state index is 5.30. The first-order valence-electron chi connectivity index (χ1n) is 7.89. The molecule has 0 atom stereocenters. The van der Waals surface area contributed by atoms with Crippen molar-refractivity contribution in [2.24, 2.45) is 4.99 Å². The van der Waals surface area contributed by atoms with Crippen LogP contribution in [0.2, 0.25) is 0 Å². The quantitative estimate of drug-likeness (QED) is 0.285. The van der Waals surface area contributed by atoms with Crippen LogP contribution in [0.1, 0.15) is 18.3 Å². The summed E-state index contributed by atoms with van der Waals surface area (Å²) in [6.45, 7) is 5.54. The van der Waals surface area contributed by atoms with Gasteiger partial charge in [-0.3, -0.25) is 4.99 Å². The van der Waals surface area contributed by atoms with Gasteiger partial charge in [-0.15, -0.1) is 24.0 Å². The molecule has 0 unspecified atom stereocenters. The molecule has 132 valence electrons. The molecular formula is C17H26IN5O. The van der Waals surface area contributed by atoms with E-state index < -0.39 is 0 Å². The van der Waals surface area contributed by atoms with E-state index in [1.165, 1.54) is 5.56 Å². The molecule has 0 aliphatic heterocycles. The summed E-state index contributed by atoms with van der Waals surface area (Å²) in [6.07, 6.45) is 3.82. The van der Waals surface area contributed by atoms with Crippen LogP contribution in [0.4, 0.5) is 0 Å². The number of aromatic nitrogens is 2. The zero-order valence-corrected chi connectivity index (χ0v) is 16.6. The summed E-state index contributed by atoms with van der Waals surface area (Å²) in [5.74, 6) is 1.72. The molecular weight excluding hydrogens is 417 g/mol. The molecule has 1 heterocycles. The van der Waals surface area contributed by atoms with Crippen LogP contribution in [0, 0.1) is 0 Å². The molecule has 1 aromatic heterocycles. The third kappa shape index (κ3) is 6.88. The van der Waals surface area contributed by atoms with Gasteiger partial charge in [0.15, 0.2) is 5.96 Å². The van der Waals surface area contributed by atoms with E-state index in [0.717, 1.165) is 31.5 Å². The van der Waals surface area contributed by atoms with E-state index in [4.69, 9.17) is 4.74 Å². The van der Waals surface area contributed by atoms with E-state index in [1.807, 2.05) is 37.5 Å². The van der Waals surface area contributed by atoms with Crippen LogP contribution in [-0.4, -0.2) is 42.3 Å². The molecule has 0 radical (unpaired) electrons. The maximum atomic E-state index is 5.30. The van der Waals surface area contributed by atoms with Gasteiger partial charge in [0, 0.05) is 39.1 Å². The number of ether oxygens (including phenoxy) is 1. The van der Waals surface area contributed by atoms with Crippen LogP contribution >= 0.6 is 24.0 Å². The number of halogens is 1. The summed E-state index contributed by atoms with van der Waals surface area (Å²) >= 11 is 0. The summed E-state index contributed by atoms with van der Waals surface area (Å²) in [5.41, 5.74) is 1.26. The Labute approximate surface area is 160 Å². The molecule has 0 bridgehead atoms. The molecule has 6 nitrogen and oxygen atoms in total. The molecule has 0 saturated heterocycles. The van der Waals surface area contributed by atoms with Gasteiger partial charge in [0.05, 0.1) is 13.2 Å². The molecule has 0 aliphatic carbocycles. The first-order valence-corrected chi connectivity index (χ1v) is 7.89. The lowest BCUT2D eigenvalue weighted by Gasteiger charge is -2.13. The summed E-state index contributed by atoms with van der Waals surface area (Å²) in [5, 5.41) is 6.49. The average molecular weight is 443 g/mol. The number of guanidine groups is 1. The van der Waals surface area contributed by atoms with Gasteiger partial charge in [-0.25, -0.2) is 4.98 Å². The van der Waals surface area contributed by atoms with Crippen molar-refractivity contribution in [3.05, 3.63) is 54.1 Å². The zero-order valence-electron chi connectivity index (χ0n) is 14.2. The van der Waals surface area contributed by atoms with E-state index in [1.54, 1.807) is 7.05 Å². The van der Waals surface area contributed by atoms with Gasteiger partial charge < -0.3 is 19.9 Å². The first-order chi connectivity index (χ1) is 11.3. The summed E-state index contributed by atoms with van der Waals surface area (Å²) in [4.78, 5) is 8.62. The molecule has 0 fully saturated rings. The monoisotopic (exact) mass is 443 g/mol. The first kappa shape index (κ1) is 20.4. The van der Waals surface area contributed by atoms with Gasteiger partial charge in [-0.2, -0.15) is 0 Å². The number of nitrogens with zero attached hydrogens (tertiary/aromatic N) is 3. The van der Waals surface area contributed by atoms with E-state index in [0.29, 0.717) is 13.2 Å². The smallest absolute Gasteiger partial charge is 0.191 e. The largest absolute Gasteiger partial charge is 0.380 e. The van der Waals surface area contributed by atoms with E-state index in [2.05, 4.69) is 37.3 Å². The van der Waals surface area contributed by atoms with E-state index >= 15 is 0 Å². The molecule has 1 aromatic carbocycles. The normalized spacial score (nSPS) is 11.0. The van der Waals surface area contributed by atoms with Crippen LogP contribution < -0.4 is 10.6 Å². The third-order valence-corrected chi connectivity index (χ3v) is 3.38. The van der Waals surface area contributed by atoms with Crippen molar-refractivity contribution < 1.29 is 4.74 Å². The van der Waals surface area contributed by atoms with Crippen molar-refractivity contribution in [2.75, 3.05) is 26.8 Å². The van der Waals surface area contributed by atoms with Gasteiger partial charge in [0.25, 0.3) is 0 Å². The van der Waals surface area contributed by atoms with Gasteiger partial charge >= 0.3 is 0 Å². The Balaban J connectivity index is 0.00000288. The van der Waals surface area contributed by atoms with Crippen LogP contribution in [-0.2, 0) is 17.8 Å². The van der Waals surface area contributed by atoms with Crippen molar-refractivity contribution in [3.63, 3.8) is 0 Å². The van der Waals surface area contributed by atoms with Crippen LogP contribution in [0.15, 0.2) is 47.7 Å².